The van der Waals surface area contributed by atoms with E-state index in [1.54, 1.807) is 11.8 Å². The van der Waals surface area contributed by atoms with Gasteiger partial charge in [-0.15, -0.1) is 11.8 Å². The summed E-state index contributed by atoms with van der Waals surface area (Å²) < 4.78 is 9.37. The lowest BCUT2D eigenvalue weighted by Gasteiger charge is -2.17. The van der Waals surface area contributed by atoms with Crippen LogP contribution in [0, 0.1) is 5.92 Å². The van der Waals surface area contributed by atoms with Crippen LogP contribution in [0.15, 0.2) is 29.2 Å². The van der Waals surface area contributed by atoms with Crippen LogP contribution in [-0.4, -0.2) is 31.9 Å². The Kier molecular flexibility index (Phi) is 4.47. The quantitative estimate of drug-likeness (QED) is 0.625. The molecule has 1 heterocycles. The van der Waals surface area contributed by atoms with Gasteiger partial charge in [-0.2, -0.15) is 0 Å². The average Bonchev–Trinajstić information content (AvgIpc) is 2.86. The lowest BCUT2D eigenvalue weighted by molar-refractivity contribution is -0.159. The smallest absolute Gasteiger partial charge is 0.320 e. The number of thioether (sulfide) groups is 1. The summed E-state index contributed by atoms with van der Waals surface area (Å²) in [5, 5.41) is 0. The highest BCUT2D eigenvalue weighted by Crippen LogP contribution is 2.42. The standard InChI is InChI=1S/C14H16O4S/c1-17-13(15)11(14(16)18-2)7-9-8-19-12-6-4-3-5-10(9)12/h3-6,9,11H,7-8H2,1-2H3. The van der Waals surface area contributed by atoms with E-state index in [0.717, 1.165) is 5.75 Å². The van der Waals surface area contributed by atoms with E-state index in [4.69, 9.17) is 0 Å². The van der Waals surface area contributed by atoms with Crippen LogP contribution >= 0.6 is 11.8 Å². The fraction of sp³-hybridized carbons (Fsp3) is 0.429. The summed E-state index contributed by atoms with van der Waals surface area (Å²) in [4.78, 5) is 24.6. The van der Waals surface area contributed by atoms with E-state index in [-0.39, 0.29) is 5.92 Å². The highest BCUT2D eigenvalue weighted by molar-refractivity contribution is 7.99. The number of carbonyl (C=O) groups is 2. The van der Waals surface area contributed by atoms with Crippen LogP contribution in [0.4, 0.5) is 0 Å². The lowest BCUT2D eigenvalue weighted by atomic mass is 9.90. The zero-order valence-electron chi connectivity index (χ0n) is 10.9. The molecular formula is C14H16O4S. The Morgan fingerprint density at radius 1 is 1.26 bits per heavy atom. The molecule has 1 aromatic carbocycles. The number of esters is 2. The number of hydrogen-bond donors (Lipinski definition) is 0. The Balaban J connectivity index is 2.15. The summed E-state index contributed by atoms with van der Waals surface area (Å²) >= 11 is 1.75. The predicted octanol–water partition coefficient (Wildman–Crippen LogP) is 2.23. The van der Waals surface area contributed by atoms with Gasteiger partial charge >= 0.3 is 11.9 Å². The molecule has 1 aromatic rings. The van der Waals surface area contributed by atoms with Crippen LogP contribution in [-0.2, 0) is 19.1 Å². The summed E-state index contributed by atoms with van der Waals surface area (Å²) in [6, 6.07) is 8.08. The van der Waals surface area contributed by atoms with Crippen molar-refractivity contribution >= 4 is 23.7 Å². The fourth-order valence-electron chi connectivity index (χ4n) is 2.28. The first-order valence-corrected chi connectivity index (χ1v) is 7.03. The second-order valence-corrected chi connectivity index (χ2v) is 5.44. The summed E-state index contributed by atoms with van der Waals surface area (Å²) in [6.07, 6.45) is 0.434. The third kappa shape index (κ3) is 2.92. The normalized spacial score (nSPS) is 17.1. The number of carbonyl (C=O) groups excluding carboxylic acids is 2. The van der Waals surface area contributed by atoms with Crippen molar-refractivity contribution in [2.45, 2.75) is 17.2 Å². The van der Waals surface area contributed by atoms with Gasteiger partial charge in [-0.05, 0) is 24.0 Å². The summed E-state index contributed by atoms with van der Waals surface area (Å²) in [7, 11) is 2.57. The second kappa shape index (κ2) is 6.10. The number of rotatable bonds is 4. The summed E-state index contributed by atoms with van der Waals surface area (Å²) in [5.41, 5.74) is 1.20. The van der Waals surface area contributed by atoms with Gasteiger partial charge in [0.05, 0.1) is 14.2 Å². The topological polar surface area (TPSA) is 52.6 Å². The van der Waals surface area contributed by atoms with Gasteiger partial charge in [-0.25, -0.2) is 0 Å². The fourth-order valence-corrected chi connectivity index (χ4v) is 3.55. The number of ether oxygens (including phenoxy) is 2. The average molecular weight is 280 g/mol. The molecule has 0 aromatic heterocycles. The Bertz CT molecular complexity index is 470. The van der Waals surface area contributed by atoms with Crippen LogP contribution in [0.2, 0.25) is 0 Å². The molecule has 4 nitrogen and oxygen atoms in total. The van der Waals surface area contributed by atoms with Crippen LogP contribution in [0.1, 0.15) is 17.9 Å². The van der Waals surface area contributed by atoms with E-state index in [2.05, 4.69) is 15.5 Å². The summed E-state index contributed by atoms with van der Waals surface area (Å²) in [6.45, 7) is 0. The largest absolute Gasteiger partial charge is 0.468 e. The van der Waals surface area contributed by atoms with E-state index >= 15 is 0 Å². The van der Waals surface area contributed by atoms with E-state index in [0.29, 0.717) is 6.42 Å². The zero-order chi connectivity index (χ0) is 13.8. The van der Waals surface area contributed by atoms with Crippen LogP contribution in [0.25, 0.3) is 0 Å². The molecule has 0 fully saturated rings. The molecule has 1 unspecified atom stereocenters. The number of fused-ring (bicyclic) bond motifs is 1. The second-order valence-electron chi connectivity index (χ2n) is 4.38. The number of benzene rings is 1. The minimum absolute atomic E-state index is 0.185. The molecule has 5 heteroatoms. The van der Waals surface area contributed by atoms with E-state index in [9.17, 15) is 9.59 Å². The van der Waals surface area contributed by atoms with Crippen LogP contribution in [0.5, 0.6) is 0 Å². The van der Waals surface area contributed by atoms with Crippen molar-refractivity contribution in [3.8, 4) is 0 Å². The molecule has 102 valence electrons. The minimum Gasteiger partial charge on any atom is -0.468 e. The monoisotopic (exact) mass is 280 g/mol. The van der Waals surface area contributed by atoms with E-state index in [1.807, 2.05) is 18.2 Å². The molecule has 0 amide bonds. The molecule has 0 radical (unpaired) electrons. The van der Waals surface area contributed by atoms with Gasteiger partial charge in [0.15, 0.2) is 5.92 Å². The molecule has 1 aliphatic rings. The first-order chi connectivity index (χ1) is 9.17. The van der Waals surface area contributed by atoms with Crippen molar-refractivity contribution in [2.75, 3.05) is 20.0 Å². The molecule has 1 atom stereocenters. The SMILES string of the molecule is COC(=O)C(CC1CSc2ccccc21)C(=O)OC. The maximum absolute atomic E-state index is 11.7. The molecule has 0 saturated carbocycles. The molecular weight excluding hydrogens is 264 g/mol. The van der Waals surface area contributed by atoms with Gasteiger partial charge in [-0.3, -0.25) is 9.59 Å². The van der Waals surface area contributed by atoms with Gasteiger partial charge < -0.3 is 9.47 Å². The van der Waals surface area contributed by atoms with E-state index in [1.165, 1.54) is 24.7 Å². The molecule has 2 rings (SSSR count). The van der Waals surface area contributed by atoms with Crippen molar-refractivity contribution in [2.24, 2.45) is 5.92 Å². The van der Waals surface area contributed by atoms with Crippen molar-refractivity contribution < 1.29 is 19.1 Å². The van der Waals surface area contributed by atoms with Gasteiger partial charge in [-0.1, -0.05) is 18.2 Å². The molecule has 0 aliphatic carbocycles. The molecule has 19 heavy (non-hydrogen) atoms. The van der Waals surface area contributed by atoms with E-state index < -0.39 is 17.9 Å². The number of methoxy groups -OCH3 is 2. The highest BCUT2D eigenvalue weighted by Gasteiger charge is 2.34. The Hall–Kier alpha value is -1.49. The first-order valence-electron chi connectivity index (χ1n) is 6.04. The first kappa shape index (κ1) is 13.9. The predicted molar refractivity (Wildman–Crippen MR) is 72.0 cm³/mol. The Morgan fingerprint density at radius 2 is 1.89 bits per heavy atom. The molecule has 0 saturated heterocycles. The number of hydrogen-bond acceptors (Lipinski definition) is 5. The Labute approximate surface area is 116 Å². The van der Waals surface area contributed by atoms with Gasteiger partial charge in [0.2, 0.25) is 0 Å². The molecule has 0 bridgehead atoms. The zero-order valence-corrected chi connectivity index (χ0v) is 11.7. The maximum Gasteiger partial charge on any atom is 0.320 e. The highest BCUT2D eigenvalue weighted by atomic mass is 32.2. The van der Waals surface area contributed by atoms with Crippen molar-refractivity contribution in [1.82, 2.24) is 0 Å². The molecule has 0 spiro atoms. The van der Waals surface area contributed by atoms with Gasteiger partial charge in [0.1, 0.15) is 0 Å². The van der Waals surface area contributed by atoms with Gasteiger partial charge in [0.25, 0.3) is 0 Å². The van der Waals surface area contributed by atoms with Crippen LogP contribution < -0.4 is 0 Å². The van der Waals surface area contributed by atoms with Crippen molar-refractivity contribution in [3.05, 3.63) is 29.8 Å². The van der Waals surface area contributed by atoms with Gasteiger partial charge in [0, 0.05) is 10.6 Å². The molecule has 1 aliphatic heterocycles. The summed E-state index contributed by atoms with van der Waals surface area (Å²) in [5.74, 6) is -0.831. The third-order valence-electron chi connectivity index (χ3n) is 3.29. The van der Waals surface area contributed by atoms with Crippen molar-refractivity contribution in [3.63, 3.8) is 0 Å². The lowest BCUT2D eigenvalue weighted by Crippen LogP contribution is -2.28. The van der Waals surface area contributed by atoms with Crippen molar-refractivity contribution in [1.29, 1.82) is 0 Å². The maximum atomic E-state index is 11.7. The molecule has 0 N–H and O–H groups in total. The Morgan fingerprint density at radius 3 is 2.53 bits per heavy atom. The van der Waals surface area contributed by atoms with Crippen LogP contribution in [0.3, 0.4) is 0 Å². The third-order valence-corrected chi connectivity index (χ3v) is 4.54. The minimum atomic E-state index is -0.841.